The molecule has 1 heterocycles. The number of amides is 2. The number of rotatable bonds is 5. The predicted octanol–water partition coefficient (Wildman–Crippen LogP) is 3.33. The number of carbonyl (C=O) groups is 2. The summed E-state index contributed by atoms with van der Waals surface area (Å²) in [5.41, 5.74) is 1.43. The van der Waals surface area contributed by atoms with Gasteiger partial charge in [0.05, 0.1) is 0 Å². The topological polar surface area (TPSA) is 83.2 Å². The second-order valence-corrected chi connectivity index (χ2v) is 7.45. The predicted molar refractivity (Wildman–Crippen MR) is 98.1 cm³/mol. The minimum atomic E-state index is -0.653. The molecule has 6 heteroatoms. The van der Waals surface area contributed by atoms with Crippen molar-refractivity contribution in [1.29, 1.82) is 0 Å². The minimum absolute atomic E-state index is 0.0597. The van der Waals surface area contributed by atoms with Crippen LogP contribution >= 0.6 is 0 Å². The van der Waals surface area contributed by atoms with Crippen LogP contribution in [0.4, 0.5) is 4.79 Å². The van der Waals surface area contributed by atoms with E-state index in [4.69, 9.17) is 4.74 Å². The Hall–Kier alpha value is -2.50. The third-order valence-electron chi connectivity index (χ3n) is 3.75. The summed E-state index contributed by atoms with van der Waals surface area (Å²) in [4.78, 5) is 27.7. The molecular weight excluding hydrogens is 318 g/mol. The molecule has 0 saturated heterocycles. The van der Waals surface area contributed by atoms with Crippen molar-refractivity contribution < 1.29 is 14.3 Å². The molecule has 1 unspecified atom stereocenters. The van der Waals surface area contributed by atoms with E-state index < -0.39 is 17.7 Å². The molecule has 1 aromatic heterocycles. The zero-order valence-electron chi connectivity index (χ0n) is 15.5. The van der Waals surface area contributed by atoms with Crippen LogP contribution in [-0.2, 0) is 16.1 Å². The van der Waals surface area contributed by atoms with Gasteiger partial charge >= 0.3 is 6.09 Å². The lowest BCUT2D eigenvalue weighted by atomic mass is 10.0. The molecule has 1 atom stereocenters. The number of H-pyrrole nitrogens is 1. The number of ether oxygens (including phenoxy) is 1. The van der Waals surface area contributed by atoms with Crippen molar-refractivity contribution in [2.75, 3.05) is 0 Å². The van der Waals surface area contributed by atoms with Gasteiger partial charge in [-0.05, 0) is 38.3 Å². The Labute approximate surface area is 148 Å². The molecule has 0 aliphatic carbocycles. The van der Waals surface area contributed by atoms with E-state index >= 15 is 0 Å². The van der Waals surface area contributed by atoms with Crippen LogP contribution in [0.3, 0.4) is 0 Å². The maximum atomic E-state index is 12.5. The summed E-state index contributed by atoms with van der Waals surface area (Å²) in [6.45, 7) is 9.51. The summed E-state index contributed by atoms with van der Waals surface area (Å²) in [6.07, 6.45) is 1.30. The number of aromatic nitrogens is 1. The summed E-state index contributed by atoms with van der Waals surface area (Å²) >= 11 is 0. The number of aromatic amines is 1. The van der Waals surface area contributed by atoms with Gasteiger partial charge in [0.1, 0.15) is 11.6 Å². The van der Waals surface area contributed by atoms with E-state index in [1.807, 2.05) is 44.3 Å². The molecule has 0 radical (unpaired) electrons. The number of carbonyl (C=O) groups excluding carboxylic acids is 2. The quantitative estimate of drug-likeness (QED) is 0.777. The van der Waals surface area contributed by atoms with Gasteiger partial charge in [-0.25, -0.2) is 4.79 Å². The standard InChI is InChI=1S/C19H27N3O3/c1-12(2)16(22-18(24)25-19(3,4)5)17(23)21-11-13-10-20-15-9-7-6-8-14(13)15/h6-10,12,16,20H,11H2,1-5H3,(H,21,23)(H,22,24). The maximum Gasteiger partial charge on any atom is 0.408 e. The van der Waals surface area contributed by atoms with Gasteiger partial charge in [-0.1, -0.05) is 32.0 Å². The van der Waals surface area contributed by atoms with Gasteiger partial charge in [-0.2, -0.15) is 0 Å². The molecule has 0 fully saturated rings. The van der Waals surface area contributed by atoms with E-state index in [9.17, 15) is 9.59 Å². The molecule has 0 aliphatic heterocycles. The first kappa shape index (κ1) is 18.8. The second-order valence-electron chi connectivity index (χ2n) is 7.45. The molecule has 1 aromatic carbocycles. The Morgan fingerprint density at radius 3 is 2.52 bits per heavy atom. The average Bonchev–Trinajstić information content (AvgIpc) is 2.91. The highest BCUT2D eigenvalue weighted by atomic mass is 16.6. The second kappa shape index (κ2) is 7.59. The van der Waals surface area contributed by atoms with Crippen molar-refractivity contribution in [2.45, 2.75) is 52.8 Å². The lowest BCUT2D eigenvalue weighted by Gasteiger charge is -2.25. The molecule has 3 N–H and O–H groups in total. The molecule has 0 spiro atoms. The van der Waals surface area contributed by atoms with Crippen molar-refractivity contribution in [3.63, 3.8) is 0 Å². The fourth-order valence-corrected chi connectivity index (χ4v) is 2.54. The van der Waals surface area contributed by atoms with Crippen LogP contribution in [0.25, 0.3) is 10.9 Å². The summed E-state index contributed by atoms with van der Waals surface area (Å²) in [6, 6.07) is 7.26. The molecule has 2 amide bonds. The molecule has 2 rings (SSSR count). The van der Waals surface area contributed by atoms with E-state index in [0.29, 0.717) is 6.54 Å². The number of para-hydroxylation sites is 1. The zero-order chi connectivity index (χ0) is 18.6. The average molecular weight is 345 g/mol. The summed E-state index contributed by atoms with van der Waals surface area (Å²) in [7, 11) is 0. The molecule has 25 heavy (non-hydrogen) atoms. The number of hydrogen-bond acceptors (Lipinski definition) is 3. The first-order valence-corrected chi connectivity index (χ1v) is 8.49. The molecule has 0 saturated carbocycles. The lowest BCUT2D eigenvalue weighted by molar-refractivity contribution is -0.124. The van der Waals surface area contributed by atoms with Crippen LogP contribution in [0.15, 0.2) is 30.5 Å². The zero-order valence-corrected chi connectivity index (χ0v) is 15.5. The monoisotopic (exact) mass is 345 g/mol. The Morgan fingerprint density at radius 2 is 1.88 bits per heavy atom. The fraction of sp³-hybridized carbons (Fsp3) is 0.474. The van der Waals surface area contributed by atoms with Crippen LogP contribution < -0.4 is 10.6 Å². The fourth-order valence-electron chi connectivity index (χ4n) is 2.54. The van der Waals surface area contributed by atoms with Crippen LogP contribution in [0, 0.1) is 5.92 Å². The maximum absolute atomic E-state index is 12.5. The van der Waals surface area contributed by atoms with Gasteiger partial charge in [0.25, 0.3) is 0 Å². The van der Waals surface area contributed by atoms with Gasteiger partial charge in [-0.3, -0.25) is 4.79 Å². The normalized spacial score (nSPS) is 12.9. The van der Waals surface area contributed by atoms with Gasteiger partial charge in [0.15, 0.2) is 0 Å². The third-order valence-corrected chi connectivity index (χ3v) is 3.75. The van der Waals surface area contributed by atoms with Gasteiger partial charge in [0, 0.05) is 23.6 Å². The number of nitrogens with one attached hydrogen (secondary N) is 3. The van der Waals surface area contributed by atoms with Crippen molar-refractivity contribution in [1.82, 2.24) is 15.6 Å². The lowest BCUT2D eigenvalue weighted by Crippen LogP contribution is -2.50. The van der Waals surface area contributed by atoms with Crippen molar-refractivity contribution in [3.8, 4) is 0 Å². The molecule has 6 nitrogen and oxygen atoms in total. The van der Waals surface area contributed by atoms with E-state index in [-0.39, 0.29) is 11.8 Å². The minimum Gasteiger partial charge on any atom is -0.444 e. The SMILES string of the molecule is CC(C)C(NC(=O)OC(C)(C)C)C(=O)NCc1c[nH]c2ccccc12. The Bertz CT molecular complexity index is 744. The van der Waals surface area contributed by atoms with Crippen LogP contribution in [0.1, 0.15) is 40.2 Å². The van der Waals surface area contributed by atoms with Gasteiger partial charge < -0.3 is 20.4 Å². The number of alkyl carbamates (subject to hydrolysis) is 1. The first-order chi connectivity index (χ1) is 11.7. The Morgan fingerprint density at radius 1 is 1.20 bits per heavy atom. The van der Waals surface area contributed by atoms with Crippen LogP contribution in [0.5, 0.6) is 0 Å². The van der Waals surface area contributed by atoms with Crippen LogP contribution in [0.2, 0.25) is 0 Å². The summed E-state index contributed by atoms with van der Waals surface area (Å²) < 4.78 is 5.24. The summed E-state index contributed by atoms with van der Waals surface area (Å²) in [5, 5.41) is 6.63. The molecule has 0 bridgehead atoms. The highest BCUT2D eigenvalue weighted by molar-refractivity contribution is 5.87. The Kier molecular flexibility index (Phi) is 5.72. The van der Waals surface area contributed by atoms with Crippen molar-refractivity contribution in [2.24, 2.45) is 5.92 Å². The van der Waals surface area contributed by atoms with E-state index in [1.54, 1.807) is 20.8 Å². The number of hydrogen-bond donors (Lipinski definition) is 3. The highest BCUT2D eigenvalue weighted by Gasteiger charge is 2.26. The molecule has 0 aliphatic rings. The van der Waals surface area contributed by atoms with E-state index in [1.165, 1.54) is 0 Å². The van der Waals surface area contributed by atoms with Gasteiger partial charge in [0.2, 0.25) is 5.91 Å². The van der Waals surface area contributed by atoms with E-state index in [0.717, 1.165) is 16.5 Å². The first-order valence-electron chi connectivity index (χ1n) is 8.49. The van der Waals surface area contributed by atoms with Crippen molar-refractivity contribution in [3.05, 3.63) is 36.0 Å². The van der Waals surface area contributed by atoms with Gasteiger partial charge in [-0.15, -0.1) is 0 Å². The molecule has 136 valence electrons. The third kappa shape index (κ3) is 5.24. The highest BCUT2D eigenvalue weighted by Crippen LogP contribution is 2.17. The van der Waals surface area contributed by atoms with E-state index in [2.05, 4.69) is 15.6 Å². The Balaban J connectivity index is 1.99. The van der Waals surface area contributed by atoms with Crippen LogP contribution in [-0.4, -0.2) is 28.6 Å². The largest absolute Gasteiger partial charge is 0.444 e. The number of benzene rings is 1. The number of fused-ring (bicyclic) bond motifs is 1. The molecule has 2 aromatic rings. The molecular formula is C19H27N3O3. The summed E-state index contributed by atoms with van der Waals surface area (Å²) in [5.74, 6) is -0.290. The smallest absolute Gasteiger partial charge is 0.408 e. The van der Waals surface area contributed by atoms with Crippen molar-refractivity contribution >= 4 is 22.9 Å².